The molecule has 3 aromatic carbocycles. The summed E-state index contributed by atoms with van der Waals surface area (Å²) in [6.45, 7) is 9.24. The molecule has 3 fully saturated rings. The van der Waals surface area contributed by atoms with Gasteiger partial charge in [-0.3, -0.25) is 9.52 Å². The number of aliphatic carboxylic acids is 1. The van der Waals surface area contributed by atoms with Gasteiger partial charge in [-0.25, -0.2) is 8.42 Å². The van der Waals surface area contributed by atoms with E-state index in [1.165, 1.54) is 50.5 Å². The highest BCUT2D eigenvalue weighted by Crippen LogP contribution is 2.45. The van der Waals surface area contributed by atoms with Crippen LogP contribution in [0.4, 0.5) is 11.4 Å². The zero-order valence-electron chi connectivity index (χ0n) is 26.1. The van der Waals surface area contributed by atoms with Gasteiger partial charge in [0.05, 0.1) is 16.5 Å². The summed E-state index contributed by atoms with van der Waals surface area (Å²) in [6.07, 6.45) is 11.2. The van der Waals surface area contributed by atoms with Crippen LogP contribution in [0.3, 0.4) is 0 Å². The van der Waals surface area contributed by atoms with E-state index in [-0.39, 0.29) is 5.92 Å². The van der Waals surface area contributed by atoms with Crippen molar-refractivity contribution in [2.24, 2.45) is 23.7 Å². The molecule has 6 rings (SSSR count). The van der Waals surface area contributed by atoms with E-state index < -0.39 is 16.0 Å². The van der Waals surface area contributed by atoms with Crippen molar-refractivity contribution in [3.63, 3.8) is 0 Å². The molecule has 1 aliphatic heterocycles. The second kappa shape index (κ2) is 11.8. The Bertz CT molecular complexity index is 1630. The van der Waals surface area contributed by atoms with Gasteiger partial charge in [0.1, 0.15) is 0 Å². The van der Waals surface area contributed by atoms with Crippen LogP contribution < -0.4 is 9.62 Å². The van der Waals surface area contributed by atoms with Gasteiger partial charge in [0, 0.05) is 29.5 Å². The number of rotatable bonds is 8. The number of hydrogen-bond donors (Lipinski definition) is 2. The molecule has 3 aromatic rings. The zero-order chi connectivity index (χ0) is 30.5. The molecular weight excluding hydrogens is 556 g/mol. The van der Waals surface area contributed by atoms with Crippen molar-refractivity contribution in [2.45, 2.75) is 90.4 Å². The molecule has 1 saturated heterocycles. The molecule has 0 radical (unpaired) electrons. The third-order valence-electron chi connectivity index (χ3n) is 11.1. The van der Waals surface area contributed by atoms with Gasteiger partial charge in [-0.15, -0.1) is 0 Å². The van der Waals surface area contributed by atoms with Crippen LogP contribution in [0.5, 0.6) is 0 Å². The van der Waals surface area contributed by atoms with Crippen LogP contribution in [0.1, 0.15) is 79.2 Å². The number of anilines is 2. The number of carboxylic acids is 1. The van der Waals surface area contributed by atoms with Crippen molar-refractivity contribution < 1.29 is 18.3 Å². The number of carboxylic acid groups (broad SMARTS) is 1. The fourth-order valence-electron chi connectivity index (χ4n) is 8.53. The van der Waals surface area contributed by atoms with Crippen molar-refractivity contribution in [3.8, 4) is 0 Å². The largest absolute Gasteiger partial charge is 0.481 e. The molecule has 0 bridgehead atoms. The van der Waals surface area contributed by atoms with Crippen molar-refractivity contribution in [2.75, 3.05) is 22.7 Å². The highest BCUT2D eigenvalue weighted by molar-refractivity contribution is 7.92. The lowest BCUT2D eigenvalue weighted by molar-refractivity contribution is -0.140. The maximum atomic E-state index is 14.1. The molecule has 7 heteroatoms. The predicted molar refractivity (Wildman–Crippen MR) is 175 cm³/mol. The van der Waals surface area contributed by atoms with Gasteiger partial charge in [-0.05, 0) is 118 Å². The molecule has 0 amide bonds. The lowest BCUT2D eigenvalue weighted by atomic mass is 9.85. The average Bonchev–Trinajstić information content (AvgIpc) is 3.76. The van der Waals surface area contributed by atoms with Gasteiger partial charge in [0.2, 0.25) is 0 Å². The van der Waals surface area contributed by atoms with Crippen LogP contribution in [0.2, 0.25) is 0 Å². The van der Waals surface area contributed by atoms with E-state index in [1.54, 1.807) is 0 Å². The van der Waals surface area contributed by atoms with Gasteiger partial charge in [-0.2, -0.15) is 0 Å². The predicted octanol–water partition coefficient (Wildman–Crippen LogP) is 7.93. The Morgan fingerprint density at radius 2 is 1.53 bits per heavy atom. The molecular formula is C36H46N2O4S. The normalized spacial score (nSPS) is 23.0. The summed E-state index contributed by atoms with van der Waals surface area (Å²) < 4.78 is 31.2. The maximum absolute atomic E-state index is 14.1. The number of nitrogens with one attached hydrogen (secondary N) is 1. The Hall–Kier alpha value is -3.06. The molecule has 2 saturated carbocycles. The topological polar surface area (TPSA) is 86.7 Å². The monoisotopic (exact) mass is 602 g/mol. The molecule has 3 atom stereocenters. The van der Waals surface area contributed by atoms with E-state index in [0.29, 0.717) is 36.0 Å². The number of nitrogens with zero attached hydrogens (tertiary/aromatic N) is 1. The third kappa shape index (κ3) is 5.65. The molecule has 230 valence electrons. The molecule has 0 spiro atoms. The lowest BCUT2D eigenvalue weighted by Gasteiger charge is -2.24. The fraction of sp³-hybridized carbons (Fsp3) is 0.528. The summed E-state index contributed by atoms with van der Waals surface area (Å²) in [4.78, 5) is 14.0. The maximum Gasteiger partial charge on any atom is 0.308 e. The smallest absolute Gasteiger partial charge is 0.308 e. The van der Waals surface area contributed by atoms with Crippen molar-refractivity contribution in [1.29, 1.82) is 0 Å². The molecule has 2 unspecified atom stereocenters. The highest BCUT2D eigenvalue weighted by Gasteiger charge is 2.34. The summed E-state index contributed by atoms with van der Waals surface area (Å²) in [5, 5.41) is 11.2. The standard InChI is InChI=1S/C36H46N2O4S/c1-22-24(3)35(25(4)23(2)32(22)20-26-13-14-28(19-26)27-9-5-6-10-27)43(41,42)37-33-15-16-34(31-12-8-7-11-30(31)33)38-18-17-29(21-38)36(39)40/h7-8,11-12,15-16,26-29,37H,5-6,9-10,13-14,17-21H2,1-4H3,(H,39,40)/t26?,28?,29-/m0/s1. The Morgan fingerprint density at radius 3 is 2.19 bits per heavy atom. The Balaban J connectivity index is 1.27. The van der Waals surface area contributed by atoms with Crippen LogP contribution in [0.25, 0.3) is 10.8 Å². The Labute approximate surface area is 256 Å². The van der Waals surface area contributed by atoms with Crippen LogP contribution in [0, 0.1) is 51.4 Å². The summed E-state index contributed by atoms with van der Waals surface area (Å²) in [5.41, 5.74) is 6.71. The van der Waals surface area contributed by atoms with E-state index in [4.69, 9.17) is 0 Å². The van der Waals surface area contributed by atoms with Crippen LogP contribution >= 0.6 is 0 Å². The lowest BCUT2D eigenvalue weighted by Crippen LogP contribution is -2.23. The SMILES string of the molecule is Cc1c(C)c(S(=O)(=O)Nc2ccc(N3CC[C@H](C(=O)O)C3)c3ccccc23)c(C)c(C)c1CC1CCC(C2CCCC2)C1. The average molecular weight is 603 g/mol. The number of benzene rings is 3. The van der Waals surface area contributed by atoms with Gasteiger partial charge >= 0.3 is 5.97 Å². The van der Waals surface area contributed by atoms with E-state index in [1.807, 2.05) is 50.2 Å². The molecule has 2 N–H and O–H groups in total. The highest BCUT2D eigenvalue weighted by atomic mass is 32.2. The fourth-order valence-corrected chi connectivity index (χ4v) is 10.2. The second-order valence-electron chi connectivity index (χ2n) is 13.5. The minimum absolute atomic E-state index is 0.388. The van der Waals surface area contributed by atoms with Gasteiger partial charge in [-0.1, -0.05) is 49.9 Å². The Morgan fingerprint density at radius 1 is 0.860 bits per heavy atom. The molecule has 6 nitrogen and oxygen atoms in total. The second-order valence-corrected chi connectivity index (χ2v) is 15.2. The summed E-state index contributed by atoms with van der Waals surface area (Å²) >= 11 is 0. The molecule has 2 aliphatic carbocycles. The number of sulfonamides is 1. The molecule has 43 heavy (non-hydrogen) atoms. The zero-order valence-corrected chi connectivity index (χ0v) is 26.9. The van der Waals surface area contributed by atoms with E-state index >= 15 is 0 Å². The minimum atomic E-state index is -3.87. The first-order chi connectivity index (χ1) is 20.5. The first-order valence-corrected chi connectivity index (χ1v) is 17.6. The molecule has 0 aromatic heterocycles. The third-order valence-corrected chi connectivity index (χ3v) is 12.8. The molecule has 1 heterocycles. The summed E-state index contributed by atoms with van der Waals surface area (Å²) in [6, 6.07) is 11.5. The van der Waals surface area contributed by atoms with Crippen LogP contribution in [-0.2, 0) is 21.2 Å². The quantitative estimate of drug-likeness (QED) is 0.273. The van der Waals surface area contributed by atoms with E-state index in [2.05, 4.69) is 23.5 Å². The number of fused-ring (bicyclic) bond motifs is 1. The van der Waals surface area contributed by atoms with Crippen molar-refractivity contribution in [1.82, 2.24) is 0 Å². The van der Waals surface area contributed by atoms with Gasteiger partial charge in [0.25, 0.3) is 10.0 Å². The van der Waals surface area contributed by atoms with Crippen LogP contribution in [0.15, 0.2) is 41.3 Å². The first-order valence-electron chi connectivity index (χ1n) is 16.2. The van der Waals surface area contributed by atoms with Crippen molar-refractivity contribution >= 4 is 38.1 Å². The van der Waals surface area contributed by atoms with Gasteiger partial charge < -0.3 is 10.0 Å². The Kier molecular flexibility index (Phi) is 8.22. The van der Waals surface area contributed by atoms with Gasteiger partial charge in [0.15, 0.2) is 0 Å². The number of carbonyl (C=O) groups is 1. The van der Waals surface area contributed by atoms with E-state index in [0.717, 1.165) is 57.0 Å². The summed E-state index contributed by atoms with van der Waals surface area (Å²) in [5.74, 6) is 1.34. The van der Waals surface area contributed by atoms with Crippen molar-refractivity contribution in [3.05, 3.63) is 64.2 Å². The minimum Gasteiger partial charge on any atom is -0.481 e. The first kappa shape index (κ1) is 30.0. The number of hydrogen-bond acceptors (Lipinski definition) is 4. The van der Waals surface area contributed by atoms with Crippen LogP contribution in [-0.4, -0.2) is 32.6 Å². The summed E-state index contributed by atoms with van der Waals surface area (Å²) in [7, 11) is -3.87. The van der Waals surface area contributed by atoms with E-state index in [9.17, 15) is 18.3 Å². The molecule has 3 aliphatic rings.